The Balaban J connectivity index is 2.14. The van der Waals surface area contributed by atoms with Gasteiger partial charge in [0.1, 0.15) is 5.01 Å². The van der Waals surface area contributed by atoms with Crippen LogP contribution in [0.3, 0.4) is 0 Å². The predicted molar refractivity (Wildman–Crippen MR) is 45.5 cm³/mol. The lowest BCUT2D eigenvalue weighted by molar-refractivity contribution is 0.191. The highest BCUT2D eigenvalue weighted by Gasteiger charge is 1.96. The number of hydrogen-bond acceptors (Lipinski definition) is 4. The minimum Gasteiger partial charge on any atom is -0.392 e. The fraction of sp³-hybridized carbons (Fsp3) is 0.571. The second-order valence-corrected chi connectivity index (χ2v) is 3.38. The Labute approximate surface area is 70.1 Å². The van der Waals surface area contributed by atoms with Gasteiger partial charge in [0.25, 0.3) is 0 Å². The first-order valence-electron chi connectivity index (χ1n) is 3.56. The molecule has 1 rings (SSSR count). The van der Waals surface area contributed by atoms with Gasteiger partial charge in [-0.2, -0.15) is 0 Å². The Morgan fingerprint density at radius 3 is 3.18 bits per heavy atom. The molecule has 1 atom stereocenters. The van der Waals surface area contributed by atoms with Gasteiger partial charge in [-0.15, -0.1) is 11.3 Å². The van der Waals surface area contributed by atoms with Crippen LogP contribution < -0.4 is 5.32 Å². The summed E-state index contributed by atoms with van der Waals surface area (Å²) in [6, 6.07) is 0. The summed E-state index contributed by atoms with van der Waals surface area (Å²) in [5.74, 6) is 0. The van der Waals surface area contributed by atoms with Crippen LogP contribution in [-0.2, 0) is 6.54 Å². The van der Waals surface area contributed by atoms with E-state index >= 15 is 0 Å². The summed E-state index contributed by atoms with van der Waals surface area (Å²) in [5, 5.41) is 15.0. The Hall–Kier alpha value is -0.450. The molecule has 1 aromatic heterocycles. The standard InChI is InChI=1S/C7H12N2OS/c1-6(10)4-8-5-7-9-2-3-11-7/h2-3,6,8,10H,4-5H2,1H3/t6-/m0/s1. The number of hydrogen-bond donors (Lipinski definition) is 2. The van der Waals surface area contributed by atoms with E-state index in [1.807, 2.05) is 5.38 Å². The van der Waals surface area contributed by atoms with Crippen LogP contribution >= 0.6 is 11.3 Å². The molecular formula is C7H12N2OS. The highest BCUT2D eigenvalue weighted by atomic mass is 32.1. The largest absolute Gasteiger partial charge is 0.392 e. The van der Waals surface area contributed by atoms with Gasteiger partial charge in [-0.25, -0.2) is 4.98 Å². The van der Waals surface area contributed by atoms with E-state index in [2.05, 4.69) is 10.3 Å². The zero-order chi connectivity index (χ0) is 8.10. The van der Waals surface area contributed by atoms with E-state index in [1.165, 1.54) is 0 Å². The van der Waals surface area contributed by atoms with Crippen LogP contribution in [0.5, 0.6) is 0 Å². The first-order chi connectivity index (χ1) is 5.29. The van der Waals surface area contributed by atoms with E-state index in [4.69, 9.17) is 5.11 Å². The van der Waals surface area contributed by atoms with Crippen molar-refractivity contribution in [2.45, 2.75) is 19.6 Å². The lowest BCUT2D eigenvalue weighted by atomic mass is 10.4. The number of aromatic nitrogens is 1. The van der Waals surface area contributed by atoms with Gasteiger partial charge >= 0.3 is 0 Å². The molecule has 62 valence electrons. The second-order valence-electron chi connectivity index (χ2n) is 2.41. The Kier molecular flexibility index (Phi) is 3.48. The molecule has 0 aliphatic carbocycles. The molecular weight excluding hydrogens is 160 g/mol. The van der Waals surface area contributed by atoms with Gasteiger partial charge in [0.15, 0.2) is 0 Å². The molecule has 0 spiro atoms. The van der Waals surface area contributed by atoms with Crippen LogP contribution in [0, 0.1) is 0 Å². The third kappa shape index (κ3) is 3.46. The van der Waals surface area contributed by atoms with Gasteiger partial charge in [0, 0.05) is 24.7 Å². The minimum absolute atomic E-state index is 0.282. The maximum atomic E-state index is 8.90. The van der Waals surface area contributed by atoms with Gasteiger partial charge in [-0.1, -0.05) is 0 Å². The molecule has 0 aliphatic rings. The van der Waals surface area contributed by atoms with Crippen LogP contribution in [0.1, 0.15) is 11.9 Å². The van der Waals surface area contributed by atoms with E-state index in [0.717, 1.165) is 11.6 Å². The number of rotatable bonds is 4. The lowest BCUT2D eigenvalue weighted by Crippen LogP contribution is -2.23. The molecule has 0 radical (unpaired) electrons. The quantitative estimate of drug-likeness (QED) is 0.699. The average molecular weight is 172 g/mol. The van der Waals surface area contributed by atoms with Crippen molar-refractivity contribution in [2.24, 2.45) is 0 Å². The summed E-state index contributed by atoms with van der Waals surface area (Å²) in [5.41, 5.74) is 0. The van der Waals surface area contributed by atoms with Crippen molar-refractivity contribution in [3.63, 3.8) is 0 Å². The molecule has 2 N–H and O–H groups in total. The van der Waals surface area contributed by atoms with E-state index in [0.29, 0.717) is 6.54 Å². The highest BCUT2D eigenvalue weighted by molar-refractivity contribution is 7.09. The van der Waals surface area contributed by atoms with Crippen molar-refractivity contribution in [2.75, 3.05) is 6.54 Å². The van der Waals surface area contributed by atoms with Gasteiger partial charge < -0.3 is 10.4 Å². The molecule has 0 aromatic carbocycles. The number of nitrogens with zero attached hydrogens (tertiary/aromatic N) is 1. The molecule has 0 saturated carbocycles. The summed E-state index contributed by atoms with van der Waals surface area (Å²) in [6.45, 7) is 3.14. The molecule has 0 unspecified atom stereocenters. The van der Waals surface area contributed by atoms with E-state index in [9.17, 15) is 0 Å². The van der Waals surface area contributed by atoms with Gasteiger partial charge in [0.2, 0.25) is 0 Å². The number of nitrogens with one attached hydrogen (secondary N) is 1. The average Bonchev–Trinajstić information content (AvgIpc) is 2.39. The zero-order valence-electron chi connectivity index (χ0n) is 6.45. The number of thiazole rings is 1. The highest BCUT2D eigenvalue weighted by Crippen LogP contribution is 2.02. The Bertz CT molecular complexity index is 186. The van der Waals surface area contributed by atoms with E-state index in [1.54, 1.807) is 24.5 Å². The fourth-order valence-electron chi connectivity index (χ4n) is 0.728. The molecule has 0 aliphatic heterocycles. The van der Waals surface area contributed by atoms with Crippen molar-refractivity contribution in [3.05, 3.63) is 16.6 Å². The normalized spacial score (nSPS) is 13.3. The molecule has 1 aromatic rings. The summed E-state index contributed by atoms with van der Waals surface area (Å²) in [6.07, 6.45) is 1.50. The monoisotopic (exact) mass is 172 g/mol. The van der Waals surface area contributed by atoms with Crippen LogP contribution in [-0.4, -0.2) is 22.7 Å². The topological polar surface area (TPSA) is 45.1 Å². The van der Waals surface area contributed by atoms with Crippen molar-refractivity contribution in [1.82, 2.24) is 10.3 Å². The van der Waals surface area contributed by atoms with E-state index in [-0.39, 0.29) is 6.10 Å². The third-order valence-corrected chi connectivity index (χ3v) is 1.98. The Morgan fingerprint density at radius 2 is 2.64 bits per heavy atom. The van der Waals surface area contributed by atoms with Gasteiger partial charge in [-0.3, -0.25) is 0 Å². The fourth-order valence-corrected chi connectivity index (χ4v) is 1.31. The summed E-state index contributed by atoms with van der Waals surface area (Å²) in [4.78, 5) is 4.09. The molecule has 11 heavy (non-hydrogen) atoms. The minimum atomic E-state index is -0.282. The zero-order valence-corrected chi connectivity index (χ0v) is 7.27. The van der Waals surface area contributed by atoms with Crippen LogP contribution in [0.2, 0.25) is 0 Å². The summed E-state index contributed by atoms with van der Waals surface area (Å²) < 4.78 is 0. The predicted octanol–water partition coefficient (Wildman–Crippen LogP) is 0.613. The maximum Gasteiger partial charge on any atom is 0.106 e. The molecule has 1 heterocycles. The van der Waals surface area contributed by atoms with Crippen LogP contribution in [0.25, 0.3) is 0 Å². The summed E-state index contributed by atoms with van der Waals surface area (Å²) in [7, 11) is 0. The van der Waals surface area contributed by atoms with Crippen molar-refractivity contribution >= 4 is 11.3 Å². The Morgan fingerprint density at radius 1 is 1.82 bits per heavy atom. The molecule has 4 heteroatoms. The maximum absolute atomic E-state index is 8.90. The first kappa shape index (κ1) is 8.64. The van der Waals surface area contributed by atoms with Gasteiger partial charge in [-0.05, 0) is 6.92 Å². The van der Waals surface area contributed by atoms with Crippen molar-refractivity contribution in [3.8, 4) is 0 Å². The van der Waals surface area contributed by atoms with Crippen LogP contribution in [0.15, 0.2) is 11.6 Å². The SMILES string of the molecule is C[C@H](O)CNCc1nccs1. The second kappa shape index (κ2) is 4.43. The summed E-state index contributed by atoms with van der Waals surface area (Å²) >= 11 is 1.62. The molecule has 0 fully saturated rings. The molecule has 3 nitrogen and oxygen atoms in total. The molecule has 0 saturated heterocycles. The first-order valence-corrected chi connectivity index (χ1v) is 4.44. The number of aliphatic hydroxyl groups excluding tert-OH is 1. The molecule has 0 amide bonds. The van der Waals surface area contributed by atoms with Crippen LogP contribution in [0.4, 0.5) is 0 Å². The van der Waals surface area contributed by atoms with Crippen molar-refractivity contribution < 1.29 is 5.11 Å². The lowest BCUT2D eigenvalue weighted by Gasteiger charge is -2.03. The van der Waals surface area contributed by atoms with Crippen molar-refractivity contribution in [1.29, 1.82) is 0 Å². The van der Waals surface area contributed by atoms with Gasteiger partial charge in [0.05, 0.1) is 6.10 Å². The van der Waals surface area contributed by atoms with E-state index < -0.39 is 0 Å². The smallest absolute Gasteiger partial charge is 0.106 e. The number of aliphatic hydroxyl groups is 1. The molecule has 0 bridgehead atoms. The third-order valence-electron chi connectivity index (χ3n) is 1.20.